The van der Waals surface area contributed by atoms with Crippen molar-refractivity contribution in [2.75, 3.05) is 0 Å². The van der Waals surface area contributed by atoms with Gasteiger partial charge < -0.3 is 0 Å². The molecule has 0 saturated heterocycles. The van der Waals surface area contributed by atoms with Crippen molar-refractivity contribution in [1.29, 1.82) is 0 Å². The molecular formula is C15H17NO. The molecule has 2 heteroatoms. The number of aromatic nitrogens is 1. The Morgan fingerprint density at radius 3 is 2.41 bits per heavy atom. The van der Waals surface area contributed by atoms with Crippen molar-refractivity contribution < 1.29 is 4.79 Å². The summed E-state index contributed by atoms with van der Waals surface area (Å²) in [7, 11) is 0. The Morgan fingerprint density at radius 2 is 1.76 bits per heavy atom. The van der Waals surface area contributed by atoms with E-state index in [9.17, 15) is 4.79 Å². The fraction of sp³-hybridized carbons (Fsp3) is 0.200. The topological polar surface area (TPSA) is 30.0 Å². The Balaban J connectivity index is 0.000000686. The zero-order valence-electron chi connectivity index (χ0n) is 10.3. The lowest BCUT2D eigenvalue weighted by molar-refractivity contribution is 0.112. The molecule has 0 radical (unpaired) electrons. The first kappa shape index (κ1) is 13.1. The molecule has 1 aromatic carbocycles. The summed E-state index contributed by atoms with van der Waals surface area (Å²) in [6.07, 6.45) is 3.27. The first-order valence-electron chi connectivity index (χ1n) is 5.83. The van der Waals surface area contributed by atoms with Crippen molar-refractivity contribution in [1.82, 2.24) is 4.98 Å². The van der Waals surface area contributed by atoms with Gasteiger partial charge in [0.15, 0.2) is 6.29 Å². The second-order valence-corrected chi connectivity index (χ2v) is 3.32. The van der Waals surface area contributed by atoms with Gasteiger partial charge in [-0.3, -0.25) is 9.78 Å². The molecule has 2 aromatic rings. The maximum Gasteiger partial charge on any atom is 0.151 e. The average Bonchev–Trinajstić information content (AvgIpc) is 2.43. The van der Waals surface area contributed by atoms with Gasteiger partial charge in [0, 0.05) is 18.2 Å². The van der Waals surface area contributed by atoms with Gasteiger partial charge in [-0.05, 0) is 17.7 Å². The van der Waals surface area contributed by atoms with Crippen molar-refractivity contribution >= 4 is 6.29 Å². The van der Waals surface area contributed by atoms with Crippen LogP contribution in [0.1, 0.15) is 35.5 Å². The van der Waals surface area contributed by atoms with E-state index in [-0.39, 0.29) is 0 Å². The van der Waals surface area contributed by atoms with E-state index in [1.54, 1.807) is 18.3 Å². The van der Waals surface area contributed by atoms with E-state index in [2.05, 4.69) is 4.98 Å². The van der Waals surface area contributed by atoms with E-state index in [0.717, 1.165) is 12.0 Å². The summed E-state index contributed by atoms with van der Waals surface area (Å²) in [6, 6.07) is 13.6. The number of hydrogen-bond acceptors (Lipinski definition) is 2. The minimum Gasteiger partial charge on any atom is -0.298 e. The van der Waals surface area contributed by atoms with Crippen LogP contribution >= 0.6 is 0 Å². The normalized spacial score (nSPS) is 9.06. The van der Waals surface area contributed by atoms with Crippen LogP contribution in [0.3, 0.4) is 0 Å². The summed E-state index contributed by atoms with van der Waals surface area (Å²) in [5.74, 6) is 0. The standard InChI is InChI=1S/C13H11NO.C2H6/c15-10-12-7-4-8-14-13(12)9-11-5-2-1-3-6-11;1-2/h1-8,10H,9H2;1-2H3. The van der Waals surface area contributed by atoms with Crippen LogP contribution in [0.5, 0.6) is 0 Å². The number of rotatable bonds is 3. The lowest BCUT2D eigenvalue weighted by Gasteiger charge is -2.02. The van der Waals surface area contributed by atoms with Gasteiger partial charge in [0.25, 0.3) is 0 Å². The molecule has 0 bridgehead atoms. The Kier molecular flexibility index (Phi) is 5.66. The molecule has 0 fully saturated rings. The zero-order chi connectivity index (χ0) is 12.5. The molecule has 0 aliphatic carbocycles. The minimum atomic E-state index is 0.668. The van der Waals surface area contributed by atoms with Crippen LogP contribution < -0.4 is 0 Å². The average molecular weight is 227 g/mol. The van der Waals surface area contributed by atoms with Gasteiger partial charge in [0.1, 0.15) is 0 Å². The fourth-order valence-electron chi connectivity index (χ4n) is 1.49. The first-order valence-corrected chi connectivity index (χ1v) is 5.83. The second kappa shape index (κ2) is 7.34. The molecular weight excluding hydrogens is 210 g/mol. The summed E-state index contributed by atoms with van der Waals surface area (Å²) in [4.78, 5) is 15.0. The van der Waals surface area contributed by atoms with Gasteiger partial charge in [-0.2, -0.15) is 0 Å². The van der Waals surface area contributed by atoms with Crippen molar-refractivity contribution in [3.05, 3.63) is 65.5 Å². The highest BCUT2D eigenvalue weighted by atomic mass is 16.1. The molecule has 0 N–H and O–H groups in total. The van der Waals surface area contributed by atoms with Crippen LogP contribution in [0, 0.1) is 0 Å². The number of benzene rings is 1. The van der Waals surface area contributed by atoms with Crippen LogP contribution in [0.15, 0.2) is 48.7 Å². The molecule has 1 heterocycles. The molecule has 2 rings (SSSR count). The van der Waals surface area contributed by atoms with E-state index in [4.69, 9.17) is 0 Å². The lowest BCUT2D eigenvalue weighted by Crippen LogP contribution is -1.97. The van der Waals surface area contributed by atoms with E-state index in [0.29, 0.717) is 12.0 Å². The Labute approximate surface area is 102 Å². The van der Waals surface area contributed by atoms with Crippen LogP contribution in [0.4, 0.5) is 0 Å². The molecule has 0 spiro atoms. The highest BCUT2D eigenvalue weighted by Gasteiger charge is 2.02. The number of nitrogens with zero attached hydrogens (tertiary/aromatic N) is 1. The van der Waals surface area contributed by atoms with Gasteiger partial charge in [0.2, 0.25) is 0 Å². The van der Waals surface area contributed by atoms with E-state index in [1.165, 1.54) is 5.56 Å². The van der Waals surface area contributed by atoms with Crippen molar-refractivity contribution in [3.8, 4) is 0 Å². The third-order valence-electron chi connectivity index (χ3n) is 2.27. The molecule has 0 unspecified atom stereocenters. The number of pyridine rings is 1. The quantitative estimate of drug-likeness (QED) is 0.751. The van der Waals surface area contributed by atoms with Crippen LogP contribution in [-0.4, -0.2) is 11.3 Å². The van der Waals surface area contributed by atoms with Gasteiger partial charge in [-0.1, -0.05) is 44.2 Å². The van der Waals surface area contributed by atoms with Crippen molar-refractivity contribution in [2.45, 2.75) is 20.3 Å². The van der Waals surface area contributed by atoms with Crippen LogP contribution in [0.2, 0.25) is 0 Å². The summed E-state index contributed by atoms with van der Waals surface area (Å²) >= 11 is 0. The fourth-order valence-corrected chi connectivity index (χ4v) is 1.49. The molecule has 0 amide bonds. The molecule has 88 valence electrons. The van der Waals surface area contributed by atoms with Crippen LogP contribution in [-0.2, 0) is 6.42 Å². The molecule has 0 aliphatic heterocycles. The monoisotopic (exact) mass is 227 g/mol. The summed E-state index contributed by atoms with van der Waals surface area (Å²) < 4.78 is 0. The molecule has 0 saturated carbocycles. The summed E-state index contributed by atoms with van der Waals surface area (Å²) in [6.45, 7) is 4.00. The highest BCUT2D eigenvalue weighted by molar-refractivity contribution is 5.76. The number of carbonyl (C=O) groups excluding carboxylic acids is 1. The van der Waals surface area contributed by atoms with E-state index in [1.807, 2.05) is 44.2 Å². The summed E-state index contributed by atoms with van der Waals surface area (Å²) in [5.41, 5.74) is 2.67. The number of hydrogen-bond donors (Lipinski definition) is 0. The molecule has 17 heavy (non-hydrogen) atoms. The van der Waals surface area contributed by atoms with Gasteiger partial charge in [-0.25, -0.2) is 0 Å². The molecule has 1 aromatic heterocycles. The van der Waals surface area contributed by atoms with Crippen LogP contribution in [0.25, 0.3) is 0 Å². The SMILES string of the molecule is CC.O=Cc1cccnc1Cc1ccccc1. The maximum atomic E-state index is 10.8. The second-order valence-electron chi connectivity index (χ2n) is 3.32. The first-order chi connectivity index (χ1) is 8.40. The predicted octanol–water partition coefficient (Wildman–Crippen LogP) is 3.51. The minimum absolute atomic E-state index is 0.668. The third kappa shape index (κ3) is 3.83. The maximum absolute atomic E-state index is 10.8. The zero-order valence-corrected chi connectivity index (χ0v) is 10.3. The molecule has 0 aliphatic rings. The Morgan fingerprint density at radius 1 is 1.06 bits per heavy atom. The van der Waals surface area contributed by atoms with Crippen molar-refractivity contribution in [2.24, 2.45) is 0 Å². The molecule has 2 nitrogen and oxygen atoms in total. The van der Waals surface area contributed by atoms with Gasteiger partial charge >= 0.3 is 0 Å². The molecule has 0 atom stereocenters. The van der Waals surface area contributed by atoms with E-state index < -0.39 is 0 Å². The predicted molar refractivity (Wildman–Crippen MR) is 70.2 cm³/mol. The third-order valence-corrected chi connectivity index (χ3v) is 2.27. The largest absolute Gasteiger partial charge is 0.298 e. The van der Waals surface area contributed by atoms with Gasteiger partial charge in [-0.15, -0.1) is 0 Å². The Hall–Kier alpha value is -1.96. The van der Waals surface area contributed by atoms with Gasteiger partial charge in [0.05, 0.1) is 5.69 Å². The highest BCUT2D eigenvalue weighted by Crippen LogP contribution is 2.09. The number of carbonyl (C=O) groups is 1. The Bertz CT molecular complexity index is 451. The number of aldehydes is 1. The smallest absolute Gasteiger partial charge is 0.151 e. The summed E-state index contributed by atoms with van der Waals surface area (Å²) in [5, 5.41) is 0. The van der Waals surface area contributed by atoms with E-state index >= 15 is 0 Å². The van der Waals surface area contributed by atoms with Crippen molar-refractivity contribution in [3.63, 3.8) is 0 Å². The lowest BCUT2D eigenvalue weighted by atomic mass is 10.1.